The Hall–Kier alpha value is -3.82. The van der Waals surface area contributed by atoms with Crippen LogP contribution in [0.2, 0.25) is 0 Å². The first-order valence-corrected chi connectivity index (χ1v) is 16.9. The summed E-state index contributed by atoms with van der Waals surface area (Å²) in [6.45, 7) is 19.1. The van der Waals surface area contributed by atoms with E-state index in [-0.39, 0.29) is 23.0 Å². The van der Waals surface area contributed by atoms with Crippen LogP contribution in [0.15, 0.2) is 84.9 Å². The van der Waals surface area contributed by atoms with Gasteiger partial charge in [0.25, 0.3) is 0 Å². The van der Waals surface area contributed by atoms with Gasteiger partial charge in [-0.2, -0.15) is 0 Å². The highest BCUT2D eigenvalue weighted by Gasteiger charge is 2.45. The highest BCUT2D eigenvalue weighted by Crippen LogP contribution is 2.46. The van der Waals surface area contributed by atoms with Crippen LogP contribution in [0.1, 0.15) is 77.6 Å². The molecular formula is C41H38BNS. The van der Waals surface area contributed by atoms with Crippen LogP contribution in [-0.4, -0.2) is 11.3 Å². The Balaban J connectivity index is 1.50. The average Bonchev–Trinajstić information content (AvgIpc) is 3.52. The molecule has 0 aliphatic carbocycles. The van der Waals surface area contributed by atoms with E-state index in [9.17, 15) is 0 Å². The minimum Gasteiger partial charge on any atom is -0.310 e. The predicted molar refractivity (Wildman–Crippen MR) is 194 cm³/mol. The van der Waals surface area contributed by atoms with Gasteiger partial charge in [0.15, 0.2) is 0 Å². The number of thiophene rings is 1. The highest BCUT2D eigenvalue weighted by atomic mass is 32.1. The molecule has 0 unspecified atom stereocenters. The Labute approximate surface area is 264 Å². The van der Waals surface area contributed by atoms with Gasteiger partial charge in [-0.15, -0.1) is 11.3 Å². The topological polar surface area (TPSA) is 4.93 Å². The fourth-order valence-electron chi connectivity index (χ4n) is 8.40. The third kappa shape index (κ3) is 3.26. The maximum Gasteiger partial charge on any atom is 0.247 e. The van der Waals surface area contributed by atoms with Gasteiger partial charge < -0.3 is 4.57 Å². The summed E-state index contributed by atoms with van der Waals surface area (Å²) < 4.78 is 5.41. The predicted octanol–water partition coefficient (Wildman–Crippen LogP) is 9.22. The van der Waals surface area contributed by atoms with Crippen molar-refractivity contribution in [2.45, 2.75) is 71.6 Å². The molecule has 0 amide bonds. The zero-order valence-corrected chi connectivity index (χ0v) is 27.8. The lowest BCUT2D eigenvalue weighted by atomic mass is 9.30. The van der Waals surface area contributed by atoms with Crippen molar-refractivity contribution >= 4 is 76.4 Å². The van der Waals surface area contributed by atoms with Crippen molar-refractivity contribution < 1.29 is 0 Å². The van der Waals surface area contributed by atoms with Crippen LogP contribution in [0.5, 0.6) is 0 Å². The van der Waals surface area contributed by atoms with E-state index >= 15 is 0 Å². The first-order valence-electron chi connectivity index (χ1n) is 16.1. The molecule has 0 saturated heterocycles. The number of aromatic nitrogens is 1. The van der Waals surface area contributed by atoms with Gasteiger partial charge in [0.05, 0.1) is 5.52 Å². The van der Waals surface area contributed by atoms with Crippen LogP contribution >= 0.6 is 11.3 Å². The summed E-state index contributed by atoms with van der Waals surface area (Å²) in [5.41, 5.74) is 14.3. The average molecular weight is 588 g/mol. The van der Waals surface area contributed by atoms with E-state index < -0.39 is 0 Å². The van der Waals surface area contributed by atoms with Crippen molar-refractivity contribution in [3.8, 4) is 5.69 Å². The summed E-state index contributed by atoms with van der Waals surface area (Å²) in [7, 11) is 0. The Kier molecular flexibility index (Phi) is 4.99. The van der Waals surface area contributed by atoms with Crippen LogP contribution in [-0.2, 0) is 16.2 Å². The standard InChI is InChI=1S/C41H38BNS/c1-39(2,3)23-16-19-34-26(20-23)25-17-18-32-35(38(25)44-34)27-21-24(40(4,5)6)22-31-37(27)43(32)33-15-11-13-29-36(33)42(31)30-14-10-9-12-28(30)41(29,7)8/h9-22H,1-8H3. The third-order valence-corrected chi connectivity index (χ3v) is 12.0. The molecule has 216 valence electrons. The molecule has 0 N–H and O–H groups in total. The van der Waals surface area contributed by atoms with E-state index in [0.717, 1.165) is 0 Å². The Morgan fingerprint density at radius 2 is 1.39 bits per heavy atom. The lowest BCUT2D eigenvalue weighted by molar-refractivity contribution is 0.591. The lowest BCUT2D eigenvalue weighted by Crippen LogP contribution is -2.63. The van der Waals surface area contributed by atoms with E-state index in [1.54, 1.807) is 0 Å². The fourth-order valence-corrected chi connectivity index (χ4v) is 9.64. The second kappa shape index (κ2) is 8.26. The largest absolute Gasteiger partial charge is 0.310 e. The maximum absolute atomic E-state index is 2.62. The molecule has 0 bridgehead atoms. The summed E-state index contributed by atoms with van der Waals surface area (Å²) in [5.74, 6) is 0. The zero-order chi connectivity index (χ0) is 30.5. The van der Waals surface area contributed by atoms with E-state index in [4.69, 9.17) is 0 Å². The van der Waals surface area contributed by atoms with Gasteiger partial charge in [-0.3, -0.25) is 0 Å². The summed E-state index contributed by atoms with van der Waals surface area (Å²) >= 11 is 1.97. The molecule has 9 rings (SSSR count). The molecule has 0 spiro atoms. The van der Waals surface area contributed by atoms with Gasteiger partial charge in [-0.25, -0.2) is 0 Å². The molecule has 2 aromatic heterocycles. The zero-order valence-electron chi connectivity index (χ0n) is 27.0. The highest BCUT2D eigenvalue weighted by molar-refractivity contribution is 7.26. The van der Waals surface area contributed by atoms with Crippen LogP contribution in [0.25, 0.3) is 47.7 Å². The van der Waals surface area contributed by atoms with Crippen molar-refractivity contribution in [2.75, 3.05) is 0 Å². The molecule has 2 aliphatic rings. The second-order valence-electron chi connectivity index (χ2n) is 15.8. The minimum absolute atomic E-state index is 0.0298. The van der Waals surface area contributed by atoms with Crippen LogP contribution in [0.4, 0.5) is 0 Å². The molecule has 44 heavy (non-hydrogen) atoms. The lowest BCUT2D eigenvalue weighted by Gasteiger charge is -2.42. The molecule has 0 saturated carbocycles. The first-order chi connectivity index (χ1) is 20.9. The van der Waals surface area contributed by atoms with E-state index in [1.165, 1.54) is 86.3 Å². The van der Waals surface area contributed by atoms with Gasteiger partial charge in [0, 0.05) is 47.6 Å². The maximum atomic E-state index is 2.62. The summed E-state index contributed by atoms with van der Waals surface area (Å²) in [6.07, 6.45) is 0. The van der Waals surface area contributed by atoms with Gasteiger partial charge in [0.2, 0.25) is 6.71 Å². The number of rotatable bonds is 0. The van der Waals surface area contributed by atoms with E-state index in [2.05, 4.69) is 145 Å². The van der Waals surface area contributed by atoms with E-state index in [0.29, 0.717) is 0 Å². The smallest absolute Gasteiger partial charge is 0.247 e. The Bertz CT molecular complexity index is 2380. The van der Waals surface area contributed by atoms with Gasteiger partial charge in [-0.1, -0.05) is 115 Å². The normalized spacial score (nSPS) is 15.4. The first kappa shape index (κ1) is 26.6. The molecule has 0 atom stereocenters. The van der Waals surface area contributed by atoms with Crippen molar-refractivity contribution in [2.24, 2.45) is 0 Å². The van der Waals surface area contributed by atoms with E-state index in [1.807, 2.05) is 11.3 Å². The molecule has 7 aromatic rings. The number of hydrogen-bond acceptors (Lipinski definition) is 1. The monoisotopic (exact) mass is 587 g/mol. The van der Waals surface area contributed by atoms with Crippen molar-refractivity contribution in [3.05, 3.63) is 107 Å². The van der Waals surface area contributed by atoms with Gasteiger partial charge >= 0.3 is 0 Å². The minimum atomic E-state index is -0.0663. The Morgan fingerprint density at radius 1 is 0.659 bits per heavy atom. The van der Waals surface area contributed by atoms with Crippen molar-refractivity contribution in [1.82, 2.24) is 4.57 Å². The molecule has 1 nitrogen and oxygen atoms in total. The van der Waals surface area contributed by atoms with Crippen LogP contribution in [0.3, 0.4) is 0 Å². The second-order valence-corrected chi connectivity index (χ2v) is 16.9. The molecule has 3 heteroatoms. The van der Waals surface area contributed by atoms with Crippen molar-refractivity contribution in [3.63, 3.8) is 0 Å². The number of nitrogens with zero attached hydrogens (tertiary/aromatic N) is 1. The van der Waals surface area contributed by atoms with Crippen molar-refractivity contribution in [1.29, 1.82) is 0 Å². The summed E-state index contributed by atoms with van der Waals surface area (Å²) in [4.78, 5) is 0. The quantitative estimate of drug-likeness (QED) is 0.156. The van der Waals surface area contributed by atoms with Crippen LogP contribution in [0, 0.1) is 0 Å². The Morgan fingerprint density at radius 3 is 2.16 bits per heavy atom. The van der Waals surface area contributed by atoms with Gasteiger partial charge in [-0.05, 0) is 74.3 Å². The third-order valence-electron chi connectivity index (χ3n) is 10.8. The summed E-state index contributed by atoms with van der Waals surface area (Å²) in [5, 5.41) is 5.57. The fraction of sp³-hybridized carbons (Fsp3) is 0.268. The van der Waals surface area contributed by atoms with Gasteiger partial charge in [0.1, 0.15) is 0 Å². The molecular weight excluding hydrogens is 549 g/mol. The molecule has 2 aliphatic heterocycles. The number of hydrogen-bond donors (Lipinski definition) is 0. The van der Waals surface area contributed by atoms with Crippen LogP contribution < -0.4 is 16.4 Å². The molecule has 0 fully saturated rings. The number of benzene rings is 5. The SMILES string of the molecule is CC(C)(C)c1ccc2sc3c(ccc4c3c3cc(C(C)(C)C)cc5c3n4-c3cccc4c3B5c3ccccc3C4(C)C)c2c1. The summed E-state index contributed by atoms with van der Waals surface area (Å²) in [6, 6.07) is 33.3. The number of fused-ring (bicyclic) bond motifs is 11. The molecule has 5 aromatic carbocycles. The molecule has 0 radical (unpaired) electrons. The molecule has 4 heterocycles.